The Morgan fingerprint density at radius 1 is 1.21 bits per heavy atom. The van der Waals surface area contributed by atoms with E-state index in [1.165, 1.54) is 10.7 Å². The minimum absolute atomic E-state index is 0.147. The smallest absolute Gasteiger partial charge is 0.276 e. The molecule has 1 atom stereocenters. The summed E-state index contributed by atoms with van der Waals surface area (Å²) in [5.74, 6) is -0.789. The number of carbonyl (C=O) groups excluding carboxylic acids is 3. The summed E-state index contributed by atoms with van der Waals surface area (Å²) < 4.78 is 1.52. The molecule has 8 heteroatoms. The second-order valence-electron chi connectivity index (χ2n) is 9.38. The summed E-state index contributed by atoms with van der Waals surface area (Å²) in [5, 5.41) is 10.5. The Kier molecular flexibility index (Phi) is 6.54. The molecular formula is C25H33N5O3. The topological polar surface area (TPSA) is 96.3 Å². The summed E-state index contributed by atoms with van der Waals surface area (Å²) in [7, 11) is 0. The molecule has 2 N–H and O–H groups in total. The molecule has 1 aromatic carbocycles. The molecule has 1 aliphatic carbocycles. The average molecular weight is 452 g/mol. The third kappa shape index (κ3) is 4.51. The molecule has 8 nitrogen and oxygen atoms in total. The molecule has 1 aliphatic heterocycles. The highest BCUT2D eigenvalue weighted by molar-refractivity contribution is 6.06. The lowest BCUT2D eigenvalue weighted by molar-refractivity contribution is -0.133. The minimum atomic E-state index is -1.06. The number of benzene rings is 1. The van der Waals surface area contributed by atoms with E-state index in [-0.39, 0.29) is 36.0 Å². The van der Waals surface area contributed by atoms with Crippen LogP contribution in [0.25, 0.3) is 0 Å². The van der Waals surface area contributed by atoms with Crippen LogP contribution in [0.4, 0.5) is 5.69 Å². The monoisotopic (exact) mass is 451 g/mol. The third-order valence-electron chi connectivity index (χ3n) is 6.84. The maximum absolute atomic E-state index is 13.5. The number of hydrogen-bond acceptors (Lipinski definition) is 4. The fraction of sp³-hybridized carbons (Fsp3) is 0.520. The van der Waals surface area contributed by atoms with Gasteiger partial charge in [0.05, 0.1) is 6.54 Å². The van der Waals surface area contributed by atoms with E-state index in [4.69, 9.17) is 0 Å². The molecule has 0 spiro atoms. The van der Waals surface area contributed by atoms with E-state index < -0.39 is 5.54 Å². The zero-order valence-electron chi connectivity index (χ0n) is 19.7. The van der Waals surface area contributed by atoms with Gasteiger partial charge in [-0.1, -0.05) is 44.4 Å². The fourth-order valence-electron chi connectivity index (χ4n) is 4.73. The number of nitrogens with one attached hydrogen (secondary N) is 2. The Hall–Kier alpha value is -3.16. The van der Waals surface area contributed by atoms with Crippen molar-refractivity contribution in [3.05, 3.63) is 47.3 Å². The van der Waals surface area contributed by atoms with Gasteiger partial charge in [-0.2, -0.15) is 5.10 Å². The number of nitrogens with zero attached hydrogens (tertiary/aromatic N) is 3. The molecule has 0 saturated heterocycles. The highest BCUT2D eigenvalue weighted by Gasteiger charge is 2.48. The van der Waals surface area contributed by atoms with Crippen LogP contribution in [0.15, 0.2) is 30.3 Å². The van der Waals surface area contributed by atoms with Crippen LogP contribution >= 0.6 is 0 Å². The van der Waals surface area contributed by atoms with Crippen LogP contribution in [-0.2, 0) is 11.3 Å². The average Bonchev–Trinajstić information content (AvgIpc) is 3.45. The Labute approximate surface area is 194 Å². The van der Waals surface area contributed by atoms with E-state index in [9.17, 15) is 14.4 Å². The molecule has 176 valence electrons. The maximum atomic E-state index is 13.5. The van der Waals surface area contributed by atoms with Gasteiger partial charge in [0.1, 0.15) is 11.2 Å². The molecule has 0 radical (unpaired) electrons. The zero-order chi connectivity index (χ0) is 23.6. The minimum Gasteiger partial charge on any atom is -0.351 e. The first-order valence-corrected chi connectivity index (χ1v) is 11.9. The van der Waals surface area contributed by atoms with Crippen molar-refractivity contribution in [1.82, 2.24) is 20.0 Å². The number of rotatable bonds is 7. The highest BCUT2D eigenvalue weighted by atomic mass is 16.2. The predicted molar refractivity (Wildman–Crippen MR) is 126 cm³/mol. The fourth-order valence-corrected chi connectivity index (χ4v) is 4.73. The molecular weight excluding hydrogens is 418 g/mol. The Balaban J connectivity index is 1.61. The number of aromatic nitrogens is 2. The van der Waals surface area contributed by atoms with Crippen LogP contribution < -0.4 is 10.6 Å². The largest absolute Gasteiger partial charge is 0.351 e. The van der Waals surface area contributed by atoms with Crippen LogP contribution in [0.5, 0.6) is 0 Å². The van der Waals surface area contributed by atoms with Crippen LogP contribution in [0.1, 0.15) is 78.9 Å². The molecule has 2 aliphatic rings. The SMILES string of the molecule is CCCCN1C(=O)c2cc(C(=O)Nc3ccccc3C)nn2C[C@]1(C)C(=O)NC1CCCC1. The number of para-hydroxylation sites is 1. The van der Waals surface area contributed by atoms with E-state index in [2.05, 4.69) is 22.7 Å². The molecule has 3 amide bonds. The summed E-state index contributed by atoms with van der Waals surface area (Å²) in [6.07, 6.45) is 5.88. The van der Waals surface area contributed by atoms with Crippen molar-refractivity contribution in [2.24, 2.45) is 0 Å². The number of aryl methyl sites for hydroxylation is 1. The van der Waals surface area contributed by atoms with Crippen molar-refractivity contribution >= 4 is 23.4 Å². The first-order chi connectivity index (χ1) is 15.8. The molecule has 0 bridgehead atoms. The van der Waals surface area contributed by atoms with Gasteiger partial charge in [0, 0.05) is 24.3 Å². The van der Waals surface area contributed by atoms with E-state index in [1.807, 2.05) is 38.1 Å². The van der Waals surface area contributed by atoms with Gasteiger partial charge in [-0.15, -0.1) is 0 Å². The number of fused-ring (bicyclic) bond motifs is 1. The molecule has 1 fully saturated rings. The van der Waals surface area contributed by atoms with Gasteiger partial charge in [-0.3, -0.25) is 19.1 Å². The van der Waals surface area contributed by atoms with Gasteiger partial charge < -0.3 is 15.5 Å². The normalized spacial score (nSPS) is 20.6. The number of unbranched alkanes of at least 4 members (excludes halogenated alkanes) is 1. The Bertz CT molecular complexity index is 1060. The van der Waals surface area contributed by atoms with E-state index >= 15 is 0 Å². The number of hydrogen-bond donors (Lipinski definition) is 2. The van der Waals surface area contributed by atoms with Crippen LogP contribution in [0, 0.1) is 6.92 Å². The number of carbonyl (C=O) groups is 3. The predicted octanol–water partition coefficient (Wildman–Crippen LogP) is 3.52. The quantitative estimate of drug-likeness (QED) is 0.673. The lowest BCUT2D eigenvalue weighted by Crippen LogP contribution is -2.65. The number of amides is 3. The van der Waals surface area contributed by atoms with Crippen molar-refractivity contribution in [1.29, 1.82) is 0 Å². The van der Waals surface area contributed by atoms with Gasteiger partial charge >= 0.3 is 0 Å². The first kappa shape index (κ1) is 23.0. The summed E-state index contributed by atoms with van der Waals surface area (Å²) in [6, 6.07) is 9.18. The third-order valence-corrected chi connectivity index (χ3v) is 6.84. The van der Waals surface area contributed by atoms with Crippen molar-refractivity contribution in [3.63, 3.8) is 0 Å². The first-order valence-electron chi connectivity index (χ1n) is 11.9. The second-order valence-corrected chi connectivity index (χ2v) is 9.38. The summed E-state index contributed by atoms with van der Waals surface area (Å²) >= 11 is 0. The molecule has 1 saturated carbocycles. The van der Waals surface area contributed by atoms with Gasteiger partial charge in [-0.25, -0.2) is 0 Å². The highest BCUT2D eigenvalue weighted by Crippen LogP contribution is 2.29. The van der Waals surface area contributed by atoms with Crippen molar-refractivity contribution < 1.29 is 14.4 Å². The molecule has 4 rings (SSSR count). The van der Waals surface area contributed by atoms with E-state index in [0.717, 1.165) is 44.1 Å². The molecule has 0 unspecified atom stereocenters. The zero-order valence-corrected chi connectivity index (χ0v) is 19.7. The lowest BCUT2D eigenvalue weighted by atomic mass is 9.94. The van der Waals surface area contributed by atoms with Gasteiger partial charge in [0.15, 0.2) is 5.69 Å². The van der Waals surface area contributed by atoms with Gasteiger partial charge in [0.2, 0.25) is 5.91 Å². The number of anilines is 1. The van der Waals surface area contributed by atoms with Crippen LogP contribution in [0.3, 0.4) is 0 Å². The van der Waals surface area contributed by atoms with Crippen molar-refractivity contribution in [2.45, 2.75) is 77.4 Å². The lowest BCUT2D eigenvalue weighted by Gasteiger charge is -2.43. The van der Waals surface area contributed by atoms with E-state index in [0.29, 0.717) is 17.9 Å². The standard InChI is InChI=1S/C25H33N5O3/c1-4-5-14-29-23(32)21-15-20(22(31)27-19-13-9-6-10-17(19)2)28-30(21)16-25(29,3)24(33)26-18-11-7-8-12-18/h6,9-10,13,15,18H,4-5,7-8,11-12,14,16H2,1-3H3,(H,26,33)(H,27,31)/t25-/m1/s1. The summed E-state index contributed by atoms with van der Waals surface area (Å²) in [5.41, 5.74) is 1.08. The van der Waals surface area contributed by atoms with Gasteiger partial charge in [-0.05, 0) is 44.7 Å². The summed E-state index contributed by atoms with van der Waals surface area (Å²) in [6.45, 7) is 6.48. The van der Waals surface area contributed by atoms with Crippen LogP contribution in [-0.4, -0.2) is 50.5 Å². The molecule has 1 aromatic heterocycles. The summed E-state index contributed by atoms with van der Waals surface area (Å²) in [4.78, 5) is 41.4. The van der Waals surface area contributed by atoms with Crippen LogP contribution in [0.2, 0.25) is 0 Å². The Morgan fingerprint density at radius 2 is 1.94 bits per heavy atom. The van der Waals surface area contributed by atoms with Gasteiger partial charge in [0.25, 0.3) is 11.8 Å². The maximum Gasteiger partial charge on any atom is 0.276 e. The molecule has 2 heterocycles. The Morgan fingerprint density at radius 3 is 2.64 bits per heavy atom. The van der Waals surface area contributed by atoms with E-state index in [1.54, 1.807) is 4.90 Å². The molecule has 2 aromatic rings. The second kappa shape index (κ2) is 9.37. The van der Waals surface area contributed by atoms with Crippen molar-refractivity contribution in [2.75, 3.05) is 11.9 Å². The molecule has 33 heavy (non-hydrogen) atoms. The van der Waals surface area contributed by atoms with Crippen molar-refractivity contribution in [3.8, 4) is 0 Å².